The van der Waals surface area contributed by atoms with Crippen molar-refractivity contribution in [2.45, 2.75) is 18.7 Å². The number of rotatable bonds is 11. The molecule has 3 aromatic rings. The van der Waals surface area contributed by atoms with Crippen molar-refractivity contribution in [1.82, 2.24) is 19.3 Å². The lowest BCUT2D eigenvalue weighted by atomic mass is 10.3. The highest BCUT2D eigenvalue weighted by atomic mass is 32.2. The molecule has 0 saturated carbocycles. The number of anilines is 1. The highest BCUT2D eigenvalue weighted by Crippen LogP contribution is 2.28. The Morgan fingerprint density at radius 2 is 1.77 bits per heavy atom. The Bertz CT molecular complexity index is 1050. The van der Waals surface area contributed by atoms with E-state index in [-0.39, 0.29) is 17.2 Å². The van der Waals surface area contributed by atoms with Gasteiger partial charge in [0.05, 0.1) is 13.2 Å². The zero-order chi connectivity index (χ0) is 21.4. The summed E-state index contributed by atoms with van der Waals surface area (Å²) in [5.74, 6) is 2.14. The van der Waals surface area contributed by atoms with Crippen LogP contribution in [0.25, 0.3) is 5.82 Å². The van der Waals surface area contributed by atoms with Crippen molar-refractivity contribution in [3.05, 3.63) is 55.1 Å². The predicted molar refractivity (Wildman–Crippen MR) is 114 cm³/mol. The maximum absolute atomic E-state index is 12.7. The van der Waals surface area contributed by atoms with Crippen LogP contribution in [0, 0.1) is 0 Å². The van der Waals surface area contributed by atoms with Gasteiger partial charge in [0.2, 0.25) is 10.0 Å². The van der Waals surface area contributed by atoms with Gasteiger partial charge in [0.1, 0.15) is 34.4 Å². The molecule has 2 aromatic heterocycles. The zero-order valence-electron chi connectivity index (χ0n) is 16.9. The quantitative estimate of drug-likeness (QED) is 0.449. The second-order valence-electron chi connectivity index (χ2n) is 6.15. The van der Waals surface area contributed by atoms with Gasteiger partial charge in [0, 0.05) is 37.6 Å². The molecular weight excluding hydrogens is 406 g/mol. The van der Waals surface area contributed by atoms with Crippen molar-refractivity contribution in [3.8, 4) is 17.3 Å². The number of hydrogen-bond acceptors (Lipinski definition) is 7. The van der Waals surface area contributed by atoms with Gasteiger partial charge in [-0.3, -0.25) is 0 Å². The Hall–Kier alpha value is -3.11. The van der Waals surface area contributed by atoms with Crippen molar-refractivity contribution in [3.63, 3.8) is 0 Å². The van der Waals surface area contributed by atoms with Crippen molar-refractivity contribution < 1.29 is 17.9 Å². The first kappa shape index (κ1) is 21.6. The number of hydrogen-bond donors (Lipinski definition) is 2. The van der Waals surface area contributed by atoms with E-state index in [2.05, 4.69) is 20.0 Å². The van der Waals surface area contributed by atoms with Crippen molar-refractivity contribution >= 4 is 15.8 Å². The molecule has 0 amide bonds. The summed E-state index contributed by atoms with van der Waals surface area (Å²) in [4.78, 5) is 8.45. The highest BCUT2D eigenvalue weighted by molar-refractivity contribution is 7.89. The van der Waals surface area contributed by atoms with E-state index in [1.54, 1.807) is 25.1 Å². The number of aromatic nitrogens is 3. The normalized spacial score (nSPS) is 11.3. The van der Waals surface area contributed by atoms with Crippen molar-refractivity contribution in [1.29, 1.82) is 0 Å². The molecule has 9 nitrogen and oxygen atoms in total. The molecule has 0 unspecified atom stereocenters. The van der Waals surface area contributed by atoms with Crippen LogP contribution in [0.4, 0.5) is 5.82 Å². The number of benzene rings is 1. The first-order chi connectivity index (χ1) is 14.5. The minimum absolute atomic E-state index is 0.0738. The number of ether oxygens (including phenoxy) is 2. The molecule has 0 bridgehead atoms. The second-order valence-corrected chi connectivity index (χ2v) is 7.89. The Morgan fingerprint density at radius 3 is 2.50 bits per heavy atom. The SMILES string of the molecule is CCOc1ccc(S(=O)(=O)NCCNc2cc(-n3cccc3)ncn2)c(OCC)c1. The van der Waals surface area contributed by atoms with Crippen LogP contribution < -0.4 is 19.5 Å². The molecule has 0 spiro atoms. The molecule has 0 fully saturated rings. The van der Waals surface area contributed by atoms with Crippen LogP contribution in [0.1, 0.15) is 13.8 Å². The third-order valence-electron chi connectivity index (χ3n) is 4.06. The van der Waals surface area contributed by atoms with Gasteiger partial charge in [0.25, 0.3) is 0 Å². The second kappa shape index (κ2) is 10.1. The Labute approximate surface area is 176 Å². The van der Waals surface area contributed by atoms with Crippen LogP contribution in [0.5, 0.6) is 11.5 Å². The van der Waals surface area contributed by atoms with Gasteiger partial charge in [-0.1, -0.05) is 0 Å². The molecule has 0 aliphatic heterocycles. The Balaban J connectivity index is 1.61. The predicted octanol–water partition coefficient (Wildman–Crippen LogP) is 2.46. The minimum Gasteiger partial charge on any atom is -0.494 e. The van der Waals surface area contributed by atoms with Gasteiger partial charge in [-0.2, -0.15) is 0 Å². The zero-order valence-corrected chi connectivity index (χ0v) is 17.7. The average molecular weight is 432 g/mol. The van der Waals surface area contributed by atoms with Gasteiger partial charge in [-0.05, 0) is 38.1 Å². The molecule has 0 saturated heterocycles. The molecule has 3 rings (SSSR count). The molecule has 10 heteroatoms. The van der Waals surface area contributed by atoms with E-state index in [1.165, 1.54) is 12.4 Å². The molecule has 30 heavy (non-hydrogen) atoms. The van der Waals surface area contributed by atoms with E-state index in [4.69, 9.17) is 9.47 Å². The summed E-state index contributed by atoms with van der Waals surface area (Å²) in [6.45, 7) is 5.00. The molecule has 0 radical (unpaired) electrons. The summed E-state index contributed by atoms with van der Waals surface area (Å²) in [5.41, 5.74) is 0. The number of sulfonamides is 1. The van der Waals surface area contributed by atoms with Gasteiger partial charge in [0.15, 0.2) is 0 Å². The van der Waals surface area contributed by atoms with Crippen LogP contribution >= 0.6 is 0 Å². The summed E-state index contributed by atoms with van der Waals surface area (Å²) < 4.78 is 40.8. The summed E-state index contributed by atoms with van der Waals surface area (Å²) in [5, 5.41) is 3.09. The molecule has 1 aromatic carbocycles. The third-order valence-corrected chi connectivity index (χ3v) is 5.56. The maximum Gasteiger partial charge on any atom is 0.244 e. The van der Waals surface area contributed by atoms with E-state index < -0.39 is 10.0 Å². The first-order valence-corrected chi connectivity index (χ1v) is 11.1. The van der Waals surface area contributed by atoms with Crippen molar-refractivity contribution in [2.75, 3.05) is 31.6 Å². The fourth-order valence-electron chi connectivity index (χ4n) is 2.76. The number of nitrogens with one attached hydrogen (secondary N) is 2. The fourth-order valence-corrected chi connectivity index (χ4v) is 3.92. The minimum atomic E-state index is -3.75. The van der Waals surface area contributed by atoms with E-state index >= 15 is 0 Å². The lowest BCUT2D eigenvalue weighted by Crippen LogP contribution is -2.29. The largest absolute Gasteiger partial charge is 0.494 e. The molecule has 160 valence electrons. The molecule has 0 aliphatic rings. The van der Waals surface area contributed by atoms with E-state index in [1.807, 2.05) is 36.0 Å². The molecule has 0 atom stereocenters. The van der Waals surface area contributed by atoms with Crippen LogP contribution in [-0.4, -0.2) is 49.3 Å². The summed E-state index contributed by atoms with van der Waals surface area (Å²) >= 11 is 0. The highest BCUT2D eigenvalue weighted by Gasteiger charge is 2.20. The van der Waals surface area contributed by atoms with E-state index in [0.29, 0.717) is 37.1 Å². The Kier molecular flexibility index (Phi) is 7.26. The van der Waals surface area contributed by atoms with Crippen LogP contribution in [0.15, 0.2) is 60.0 Å². The molecule has 0 aliphatic carbocycles. The smallest absolute Gasteiger partial charge is 0.244 e. The molecule has 2 N–H and O–H groups in total. The van der Waals surface area contributed by atoms with E-state index in [9.17, 15) is 8.42 Å². The number of nitrogens with zero attached hydrogens (tertiary/aromatic N) is 3. The monoisotopic (exact) mass is 431 g/mol. The fraction of sp³-hybridized carbons (Fsp3) is 0.300. The van der Waals surface area contributed by atoms with Gasteiger partial charge < -0.3 is 19.4 Å². The van der Waals surface area contributed by atoms with Crippen LogP contribution in [-0.2, 0) is 10.0 Å². The van der Waals surface area contributed by atoms with E-state index in [0.717, 1.165) is 0 Å². The lowest BCUT2D eigenvalue weighted by molar-refractivity contribution is 0.317. The lowest BCUT2D eigenvalue weighted by Gasteiger charge is -2.14. The standard InChI is InChI=1S/C20H25N5O4S/c1-3-28-16-7-8-18(17(13-16)29-4-2)30(26,27)24-10-9-21-19-14-20(23-15-22-19)25-11-5-6-12-25/h5-8,11-15,24H,3-4,9-10H2,1-2H3,(H,21,22,23). The third kappa shape index (κ3) is 5.49. The maximum atomic E-state index is 12.7. The molecular formula is C20H25N5O4S. The Morgan fingerprint density at radius 1 is 1.00 bits per heavy atom. The summed E-state index contributed by atoms with van der Waals surface area (Å²) in [6, 6.07) is 10.3. The first-order valence-electron chi connectivity index (χ1n) is 9.62. The van der Waals surface area contributed by atoms with Gasteiger partial charge in [-0.15, -0.1) is 0 Å². The van der Waals surface area contributed by atoms with Crippen LogP contribution in [0.3, 0.4) is 0 Å². The summed E-state index contributed by atoms with van der Waals surface area (Å²) in [7, 11) is -3.75. The van der Waals surface area contributed by atoms with Crippen molar-refractivity contribution in [2.24, 2.45) is 0 Å². The van der Waals surface area contributed by atoms with Crippen LogP contribution in [0.2, 0.25) is 0 Å². The average Bonchev–Trinajstić information content (AvgIpc) is 3.27. The molecule has 2 heterocycles. The topological polar surface area (TPSA) is 107 Å². The van der Waals surface area contributed by atoms with Gasteiger partial charge in [-0.25, -0.2) is 23.1 Å². The summed E-state index contributed by atoms with van der Waals surface area (Å²) in [6.07, 6.45) is 5.22. The van der Waals surface area contributed by atoms with Gasteiger partial charge >= 0.3 is 0 Å².